The molecule has 3 aromatic rings. The number of amides is 1. The maximum Gasteiger partial charge on any atom is 0.254 e. The van der Waals surface area contributed by atoms with E-state index in [1.807, 2.05) is 31.2 Å². The third-order valence-electron chi connectivity index (χ3n) is 4.59. The van der Waals surface area contributed by atoms with Crippen molar-refractivity contribution in [3.8, 4) is 5.69 Å². The van der Waals surface area contributed by atoms with Gasteiger partial charge in [-0.25, -0.2) is 18.1 Å². The van der Waals surface area contributed by atoms with Crippen molar-refractivity contribution in [2.24, 2.45) is 0 Å². The van der Waals surface area contributed by atoms with Crippen LogP contribution in [0.25, 0.3) is 5.69 Å². The molecule has 0 aliphatic heterocycles. The van der Waals surface area contributed by atoms with Gasteiger partial charge in [0.05, 0.1) is 17.5 Å². The van der Waals surface area contributed by atoms with Crippen LogP contribution >= 0.6 is 0 Å². The van der Waals surface area contributed by atoms with Gasteiger partial charge in [-0.15, -0.1) is 0 Å². The molecule has 2 aromatic carbocycles. The van der Waals surface area contributed by atoms with Crippen molar-refractivity contribution in [3.63, 3.8) is 0 Å². The van der Waals surface area contributed by atoms with E-state index in [9.17, 15) is 13.2 Å². The fraction of sp³-hybridized carbons (Fsp3) is 0.250. The molecule has 8 heteroatoms. The van der Waals surface area contributed by atoms with Crippen molar-refractivity contribution in [1.82, 2.24) is 19.7 Å². The first kappa shape index (κ1) is 19.8. The van der Waals surface area contributed by atoms with E-state index in [1.165, 1.54) is 12.6 Å². The van der Waals surface area contributed by atoms with Gasteiger partial charge in [-0.2, -0.15) is 5.10 Å². The molecule has 0 saturated carbocycles. The first-order valence-corrected chi connectivity index (χ1v) is 10.8. The first-order chi connectivity index (χ1) is 13.2. The predicted molar refractivity (Wildman–Crippen MR) is 107 cm³/mol. The number of hydrogen-bond donors (Lipinski definition) is 0. The minimum absolute atomic E-state index is 0.0359. The smallest absolute Gasteiger partial charge is 0.254 e. The Morgan fingerprint density at radius 3 is 2.29 bits per heavy atom. The predicted octanol–water partition coefficient (Wildman–Crippen LogP) is 2.65. The van der Waals surface area contributed by atoms with Crippen LogP contribution in [0.2, 0.25) is 0 Å². The van der Waals surface area contributed by atoms with Gasteiger partial charge in [0.25, 0.3) is 5.91 Å². The van der Waals surface area contributed by atoms with E-state index in [1.54, 1.807) is 47.2 Å². The summed E-state index contributed by atoms with van der Waals surface area (Å²) < 4.78 is 24.4. The van der Waals surface area contributed by atoms with Crippen LogP contribution in [0, 0.1) is 0 Å². The third kappa shape index (κ3) is 4.64. The van der Waals surface area contributed by atoms with E-state index >= 15 is 0 Å². The average Bonchev–Trinajstić information content (AvgIpc) is 3.20. The molecule has 0 aliphatic carbocycles. The van der Waals surface area contributed by atoms with Crippen molar-refractivity contribution >= 4 is 15.7 Å². The van der Waals surface area contributed by atoms with Gasteiger partial charge in [0.1, 0.15) is 12.7 Å². The minimum Gasteiger partial charge on any atom is -0.335 e. The first-order valence-electron chi connectivity index (χ1n) is 8.73. The Labute approximate surface area is 164 Å². The summed E-state index contributed by atoms with van der Waals surface area (Å²) >= 11 is 0. The van der Waals surface area contributed by atoms with Crippen molar-refractivity contribution in [3.05, 3.63) is 77.9 Å². The molecular weight excluding hydrogens is 376 g/mol. The standard InChI is InChI=1S/C20H22N4O3S/c1-15(17-8-10-19(11-9-17)24-14-21-13-22-24)23(2)20(25)18-6-4-16(5-7-18)12-28(3,26)27/h4-11,13-15H,12H2,1-3H3/t15-/m1/s1. The molecule has 1 heterocycles. The second kappa shape index (κ2) is 7.93. The summed E-state index contributed by atoms with van der Waals surface area (Å²) in [6.07, 6.45) is 4.29. The summed E-state index contributed by atoms with van der Waals surface area (Å²) in [6, 6.07) is 14.3. The summed E-state index contributed by atoms with van der Waals surface area (Å²) in [7, 11) is -1.35. The van der Waals surface area contributed by atoms with E-state index < -0.39 is 9.84 Å². The maximum atomic E-state index is 12.8. The zero-order valence-electron chi connectivity index (χ0n) is 16.0. The lowest BCUT2D eigenvalue weighted by Gasteiger charge is -2.25. The second-order valence-corrected chi connectivity index (χ2v) is 8.93. The Bertz CT molecular complexity index is 1040. The summed E-state index contributed by atoms with van der Waals surface area (Å²) in [5.74, 6) is -0.162. The van der Waals surface area contributed by atoms with Crippen molar-refractivity contribution in [2.45, 2.75) is 18.7 Å². The fourth-order valence-corrected chi connectivity index (χ4v) is 3.69. The Morgan fingerprint density at radius 1 is 1.11 bits per heavy atom. The monoisotopic (exact) mass is 398 g/mol. The van der Waals surface area contributed by atoms with Crippen LogP contribution in [0.5, 0.6) is 0 Å². The van der Waals surface area contributed by atoms with Crippen molar-refractivity contribution < 1.29 is 13.2 Å². The molecule has 0 spiro atoms. The summed E-state index contributed by atoms with van der Waals surface area (Å²) in [4.78, 5) is 18.4. The third-order valence-corrected chi connectivity index (χ3v) is 5.45. The van der Waals surface area contributed by atoms with Crippen LogP contribution < -0.4 is 0 Å². The molecule has 146 valence electrons. The lowest BCUT2D eigenvalue weighted by atomic mass is 10.1. The number of carbonyl (C=O) groups excluding carboxylic acids is 1. The summed E-state index contributed by atoms with van der Waals surface area (Å²) in [5.41, 5.74) is 3.07. The van der Waals surface area contributed by atoms with Crippen molar-refractivity contribution in [1.29, 1.82) is 0 Å². The lowest BCUT2D eigenvalue weighted by Crippen LogP contribution is -2.29. The number of hydrogen-bond acceptors (Lipinski definition) is 5. The summed E-state index contributed by atoms with van der Waals surface area (Å²) in [6.45, 7) is 1.96. The SMILES string of the molecule is C[C@H](c1ccc(-n2cncn2)cc1)N(C)C(=O)c1ccc(CS(C)(=O)=O)cc1. The van der Waals surface area contributed by atoms with Gasteiger partial charge in [-0.3, -0.25) is 4.79 Å². The molecule has 0 aliphatic rings. The molecule has 0 radical (unpaired) electrons. The van der Waals surface area contributed by atoms with Crippen LogP contribution in [-0.4, -0.2) is 47.3 Å². The van der Waals surface area contributed by atoms with Crippen molar-refractivity contribution in [2.75, 3.05) is 13.3 Å². The molecule has 28 heavy (non-hydrogen) atoms. The molecular formula is C20H22N4O3S. The van der Waals surface area contributed by atoms with Gasteiger partial charge >= 0.3 is 0 Å². The highest BCUT2D eigenvalue weighted by molar-refractivity contribution is 7.89. The summed E-state index contributed by atoms with van der Waals surface area (Å²) in [5, 5.41) is 4.10. The van der Waals surface area contributed by atoms with E-state index in [4.69, 9.17) is 0 Å². The zero-order chi connectivity index (χ0) is 20.3. The second-order valence-electron chi connectivity index (χ2n) is 6.79. The number of carbonyl (C=O) groups is 1. The van der Waals surface area contributed by atoms with E-state index in [0.717, 1.165) is 11.3 Å². The Hall–Kier alpha value is -3.00. The van der Waals surface area contributed by atoms with Gasteiger partial charge in [0, 0.05) is 18.9 Å². The Kier molecular flexibility index (Phi) is 5.60. The van der Waals surface area contributed by atoms with E-state index in [2.05, 4.69) is 10.1 Å². The molecule has 3 rings (SSSR count). The van der Waals surface area contributed by atoms with Gasteiger partial charge in [0.2, 0.25) is 0 Å². The quantitative estimate of drug-likeness (QED) is 0.637. The van der Waals surface area contributed by atoms with Crippen LogP contribution in [-0.2, 0) is 15.6 Å². The number of aromatic nitrogens is 3. The number of nitrogens with zero attached hydrogens (tertiary/aromatic N) is 4. The molecule has 1 amide bonds. The number of sulfone groups is 1. The largest absolute Gasteiger partial charge is 0.335 e. The van der Waals surface area contributed by atoms with Crippen LogP contribution in [0.4, 0.5) is 0 Å². The highest BCUT2D eigenvalue weighted by Gasteiger charge is 2.19. The van der Waals surface area contributed by atoms with E-state index in [0.29, 0.717) is 11.1 Å². The Balaban J connectivity index is 1.71. The number of rotatable bonds is 6. The molecule has 1 atom stereocenters. The highest BCUT2D eigenvalue weighted by Crippen LogP contribution is 2.22. The molecule has 0 fully saturated rings. The van der Waals surface area contributed by atoms with Crippen LogP contribution in [0.3, 0.4) is 0 Å². The number of benzene rings is 2. The Morgan fingerprint density at radius 2 is 1.75 bits per heavy atom. The minimum atomic E-state index is -3.10. The van der Waals surface area contributed by atoms with Gasteiger partial charge in [0.15, 0.2) is 9.84 Å². The molecule has 7 nitrogen and oxygen atoms in total. The van der Waals surface area contributed by atoms with Gasteiger partial charge in [-0.1, -0.05) is 24.3 Å². The topological polar surface area (TPSA) is 85.2 Å². The molecule has 0 bridgehead atoms. The fourth-order valence-electron chi connectivity index (χ4n) is 2.90. The molecule has 1 aromatic heterocycles. The highest BCUT2D eigenvalue weighted by atomic mass is 32.2. The maximum absolute atomic E-state index is 12.8. The average molecular weight is 398 g/mol. The van der Waals surface area contributed by atoms with E-state index in [-0.39, 0.29) is 17.7 Å². The van der Waals surface area contributed by atoms with Crippen LogP contribution in [0.1, 0.15) is 34.5 Å². The zero-order valence-corrected chi connectivity index (χ0v) is 16.8. The lowest BCUT2D eigenvalue weighted by molar-refractivity contribution is 0.0742. The van der Waals surface area contributed by atoms with Crippen LogP contribution in [0.15, 0.2) is 61.2 Å². The van der Waals surface area contributed by atoms with Gasteiger partial charge < -0.3 is 4.90 Å². The molecule has 0 N–H and O–H groups in total. The van der Waals surface area contributed by atoms with Gasteiger partial charge in [-0.05, 0) is 42.3 Å². The molecule has 0 unspecified atom stereocenters. The molecule has 0 saturated heterocycles. The normalized spacial score (nSPS) is 12.5.